The van der Waals surface area contributed by atoms with Gasteiger partial charge in [-0.05, 0) is 37.6 Å². The van der Waals surface area contributed by atoms with Crippen LogP contribution in [-0.2, 0) is 4.79 Å². The third-order valence-electron chi connectivity index (χ3n) is 2.92. The Kier molecular flexibility index (Phi) is 6.84. The Labute approximate surface area is 119 Å². The highest BCUT2D eigenvalue weighted by atomic mass is 35.5. The Balaban J connectivity index is 2.56. The summed E-state index contributed by atoms with van der Waals surface area (Å²) in [5, 5.41) is 12.3. The maximum atomic E-state index is 12.0. The molecule has 1 rings (SSSR count). The number of halogens is 1. The number of aliphatic hydroxyl groups is 1. The summed E-state index contributed by atoms with van der Waals surface area (Å²) >= 11 is 5.91. The minimum Gasteiger partial charge on any atom is -0.396 e. The summed E-state index contributed by atoms with van der Waals surface area (Å²) in [5.41, 5.74) is 1.73. The molecular weight excluding hydrogens is 264 g/mol. The molecule has 0 saturated carbocycles. The van der Waals surface area contributed by atoms with E-state index in [1.807, 2.05) is 24.8 Å². The van der Waals surface area contributed by atoms with E-state index in [2.05, 4.69) is 5.32 Å². The predicted octanol–water partition coefficient (Wildman–Crippen LogP) is 2.29. The number of carbonyl (C=O) groups is 1. The zero-order chi connectivity index (χ0) is 14.3. The van der Waals surface area contributed by atoms with Gasteiger partial charge in [-0.3, -0.25) is 9.69 Å². The molecule has 0 fully saturated rings. The molecule has 0 bridgehead atoms. The van der Waals surface area contributed by atoms with Crippen LogP contribution in [0, 0.1) is 6.92 Å². The molecule has 0 aliphatic carbocycles. The van der Waals surface area contributed by atoms with Crippen molar-refractivity contribution >= 4 is 23.2 Å². The number of hydrogen-bond donors (Lipinski definition) is 2. The first-order valence-electron chi connectivity index (χ1n) is 6.46. The molecule has 5 heteroatoms. The summed E-state index contributed by atoms with van der Waals surface area (Å²) in [6.45, 7) is 5.88. The van der Waals surface area contributed by atoms with Crippen LogP contribution in [0.3, 0.4) is 0 Å². The Morgan fingerprint density at radius 1 is 1.47 bits per heavy atom. The van der Waals surface area contributed by atoms with Crippen molar-refractivity contribution in [2.45, 2.75) is 20.3 Å². The van der Waals surface area contributed by atoms with Crippen LogP contribution in [-0.4, -0.2) is 42.2 Å². The zero-order valence-corrected chi connectivity index (χ0v) is 12.2. The Hall–Kier alpha value is -1.10. The molecule has 0 radical (unpaired) electrons. The van der Waals surface area contributed by atoms with Crippen LogP contribution in [0.4, 0.5) is 5.69 Å². The van der Waals surface area contributed by atoms with Crippen LogP contribution >= 0.6 is 11.6 Å². The van der Waals surface area contributed by atoms with Crippen molar-refractivity contribution < 1.29 is 9.90 Å². The molecule has 0 aliphatic heterocycles. The topological polar surface area (TPSA) is 52.6 Å². The number of rotatable bonds is 7. The molecule has 0 spiro atoms. The lowest BCUT2D eigenvalue weighted by Crippen LogP contribution is -2.34. The highest BCUT2D eigenvalue weighted by molar-refractivity contribution is 6.31. The average Bonchev–Trinajstić information content (AvgIpc) is 2.38. The first-order chi connectivity index (χ1) is 9.06. The number of likely N-dealkylation sites (N-methyl/N-ethyl adjacent to an activating group) is 1. The summed E-state index contributed by atoms with van der Waals surface area (Å²) in [5.74, 6) is -0.0647. The van der Waals surface area contributed by atoms with Gasteiger partial charge in [-0.25, -0.2) is 0 Å². The first kappa shape index (κ1) is 16.0. The quantitative estimate of drug-likeness (QED) is 0.808. The van der Waals surface area contributed by atoms with E-state index in [-0.39, 0.29) is 12.5 Å². The van der Waals surface area contributed by atoms with Gasteiger partial charge in [-0.1, -0.05) is 24.6 Å². The van der Waals surface area contributed by atoms with Crippen molar-refractivity contribution in [1.82, 2.24) is 4.90 Å². The normalized spacial score (nSPS) is 10.8. The summed E-state index contributed by atoms with van der Waals surface area (Å²) in [4.78, 5) is 13.9. The molecule has 1 amide bonds. The van der Waals surface area contributed by atoms with Gasteiger partial charge in [0.25, 0.3) is 0 Å². The second-order valence-electron chi connectivity index (χ2n) is 4.45. The first-order valence-corrected chi connectivity index (χ1v) is 6.83. The third kappa shape index (κ3) is 5.59. The molecule has 0 unspecified atom stereocenters. The van der Waals surface area contributed by atoms with E-state index in [4.69, 9.17) is 16.7 Å². The summed E-state index contributed by atoms with van der Waals surface area (Å²) in [6.07, 6.45) is 0.678. The van der Waals surface area contributed by atoms with Crippen molar-refractivity contribution in [3.8, 4) is 0 Å². The Morgan fingerprint density at radius 3 is 2.84 bits per heavy atom. The second kappa shape index (κ2) is 8.15. The molecule has 1 aromatic carbocycles. The van der Waals surface area contributed by atoms with Crippen LogP contribution in [0.1, 0.15) is 18.9 Å². The van der Waals surface area contributed by atoms with E-state index in [0.29, 0.717) is 18.0 Å². The standard InChI is InChI=1S/C14H21ClN2O2/c1-3-17(7-4-8-18)10-14(19)16-13-9-12(15)6-5-11(13)2/h5-6,9,18H,3-4,7-8,10H2,1-2H3,(H,16,19). The fourth-order valence-electron chi connectivity index (χ4n) is 1.77. The van der Waals surface area contributed by atoms with E-state index < -0.39 is 0 Å². The number of hydrogen-bond acceptors (Lipinski definition) is 3. The fraction of sp³-hybridized carbons (Fsp3) is 0.500. The van der Waals surface area contributed by atoms with Crippen molar-refractivity contribution in [3.05, 3.63) is 28.8 Å². The van der Waals surface area contributed by atoms with Gasteiger partial charge in [0.05, 0.1) is 6.54 Å². The van der Waals surface area contributed by atoms with E-state index in [1.54, 1.807) is 12.1 Å². The molecule has 0 heterocycles. The second-order valence-corrected chi connectivity index (χ2v) is 4.89. The predicted molar refractivity (Wildman–Crippen MR) is 78.6 cm³/mol. The van der Waals surface area contributed by atoms with Gasteiger partial charge in [-0.15, -0.1) is 0 Å². The van der Waals surface area contributed by atoms with Crippen LogP contribution in [0.2, 0.25) is 5.02 Å². The van der Waals surface area contributed by atoms with Crippen molar-refractivity contribution in [3.63, 3.8) is 0 Å². The monoisotopic (exact) mass is 284 g/mol. The van der Waals surface area contributed by atoms with Crippen LogP contribution in [0.25, 0.3) is 0 Å². The Morgan fingerprint density at radius 2 is 2.21 bits per heavy atom. The maximum Gasteiger partial charge on any atom is 0.238 e. The third-order valence-corrected chi connectivity index (χ3v) is 3.16. The lowest BCUT2D eigenvalue weighted by molar-refractivity contribution is -0.117. The minimum atomic E-state index is -0.0647. The highest BCUT2D eigenvalue weighted by Crippen LogP contribution is 2.20. The SMILES string of the molecule is CCN(CCCO)CC(=O)Nc1cc(Cl)ccc1C. The van der Waals surface area contributed by atoms with E-state index in [0.717, 1.165) is 24.3 Å². The van der Waals surface area contributed by atoms with E-state index in [1.165, 1.54) is 0 Å². The van der Waals surface area contributed by atoms with Gasteiger partial charge >= 0.3 is 0 Å². The molecule has 4 nitrogen and oxygen atoms in total. The van der Waals surface area contributed by atoms with Gasteiger partial charge in [0.1, 0.15) is 0 Å². The van der Waals surface area contributed by atoms with Crippen LogP contribution in [0.15, 0.2) is 18.2 Å². The van der Waals surface area contributed by atoms with Crippen molar-refractivity contribution in [2.75, 3.05) is 31.6 Å². The van der Waals surface area contributed by atoms with Gasteiger partial charge < -0.3 is 10.4 Å². The lowest BCUT2D eigenvalue weighted by atomic mass is 10.2. The van der Waals surface area contributed by atoms with Crippen LogP contribution in [0.5, 0.6) is 0 Å². The van der Waals surface area contributed by atoms with Crippen molar-refractivity contribution in [2.24, 2.45) is 0 Å². The summed E-state index contributed by atoms with van der Waals surface area (Å²) < 4.78 is 0. The number of aliphatic hydroxyl groups excluding tert-OH is 1. The van der Waals surface area contributed by atoms with E-state index in [9.17, 15) is 4.79 Å². The summed E-state index contributed by atoms with van der Waals surface area (Å²) in [7, 11) is 0. The number of amides is 1. The van der Waals surface area contributed by atoms with E-state index >= 15 is 0 Å². The molecule has 0 saturated heterocycles. The van der Waals surface area contributed by atoms with Gasteiger partial charge in [0.15, 0.2) is 0 Å². The van der Waals surface area contributed by atoms with Crippen LogP contribution < -0.4 is 5.32 Å². The summed E-state index contributed by atoms with van der Waals surface area (Å²) in [6, 6.07) is 5.42. The van der Waals surface area contributed by atoms with Gasteiger partial charge in [0, 0.05) is 23.9 Å². The average molecular weight is 285 g/mol. The number of anilines is 1. The molecule has 1 aromatic rings. The zero-order valence-electron chi connectivity index (χ0n) is 11.4. The molecule has 0 aromatic heterocycles. The number of nitrogens with zero attached hydrogens (tertiary/aromatic N) is 1. The van der Waals surface area contributed by atoms with Gasteiger partial charge in [0.2, 0.25) is 5.91 Å². The minimum absolute atomic E-state index is 0.0647. The molecular formula is C14H21ClN2O2. The fourth-order valence-corrected chi connectivity index (χ4v) is 1.94. The highest BCUT2D eigenvalue weighted by Gasteiger charge is 2.10. The van der Waals surface area contributed by atoms with Crippen molar-refractivity contribution in [1.29, 1.82) is 0 Å². The largest absolute Gasteiger partial charge is 0.396 e. The molecule has 19 heavy (non-hydrogen) atoms. The molecule has 0 aliphatic rings. The molecule has 2 N–H and O–H groups in total. The number of nitrogens with one attached hydrogen (secondary N) is 1. The number of carbonyl (C=O) groups excluding carboxylic acids is 1. The lowest BCUT2D eigenvalue weighted by Gasteiger charge is -2.19. The number of benzene rings is 1. The Bertz CT molecular complexity index is 424. The maximum absolute atomic E-state index is 12.0. The number of aryl methyl sites for hydroxylation is 1. The molecule has 106 valence electrons. The molecule has 0 atom stereocenters. The smallest absolute Gasteiger partial charge is 0.238 e. The van der Waals surface area contributed by atoms with Gasteiger partial charge in [-0.2, -0.15) is 0 Å².